The lowest BCUT2D eigenvalue weighted by atomic mass is 10.1. The fraction of sp³-hybridized carbons (Fsp3) is 0.450. The maximum absolute atomic E-state index is 12.7. The lowest BCUT2D eigenvalue weighted by molar-refractivity contribution is 0.0951. The van der Waals surface area contributed by atoms with E-state index < -0.39 is 0 Å². The molecule has 28 heavy (non-hydrogen) atoms. The van der Waals surface area contributed by atoms with Gasteiger partial charge in [-0.1, -0.05) is 0 Å². The summed E-state index contributed by atoms with van der Waals surface area (Å²) in [6.45, 7) is 1.88. The molecule has 2 heterocycles. The number of nitrogens with zero attached hydrogens (tertiary/aromatic N) is 2. The molecule has 8 nitrogen and oxygen atoms in total. The van der Waals surface area contributed by atoms with Gasteiger partial charge in [0, 0.05) is 18.8 Å². The third-order valence-corrected chi connectivity index (χ3v) is 5.12. The number of hydrogen-bond acceptors (Lipinski definition) is 5. The van der Waals surface area contributed by atoms with E-state index in [2.05, 4.69) is 21.0 Å². The van der Waals surface area contributed by atoms with Crippen molar-refractivity contribution in [2.24, 2.45) is 0 Å². The van der Waals surface area contributed by atoms with Crippen LogP contribution >= 0.6 is 0 Å². The lowest BCUT2D eigenvalue weighted by Crippen LogP contribution is -2.32. The smallest absolute Gasteiger partial charge is 0.276 e. The van der Waals surface area contributed by atoms with Gasteiger partial charge < -0.3 is 20.7 Å². The zero-order valence-electron chi connectivity index (χ0n) is 15.9. The van der Waals surface area contributed by atoms with Crippen LogP contribution in [-0.4, -0.2) is 47.8 Å². The summed E-state index contributed by atoms with van der Waals surface area (Å²) in [7, 11) is 1.54. The van der Waals surface area contributed by atoms with Gasteiger partial charge in [-0.05, 0) is 56.5 Å². The maximum atomic E-state index is 12.7. The Morgan fingerprint density at radius 1 is 1.21 bits per heavy atom. The van der Waals surface area contributed by atoms with Crippen molar-refractivity contribution in [3.8, 4) is 5.75 Å². The first kappa shape index (κ1) is 18.5. The van der Waals surface area contributed by atoms with Gasteiger partial charge in [-0.3, -0.25) is 14.3 Å². The molecule has 8 heteroatoms. The molecule has 0 spiro atoms. The Morgan fingerprint density at radius 3 is 2.79 bits per heavy atom. The van der Waals surface area contributed by atoms with Crippen molar-refractivity contribution in [2.75, 3.05) is 25.5 Å². The van der Waals surface area contributed by atoms with Crippen LogP contribution in [0.3, 0.4) is 0 Å². The zero-order chi connectivity index (χ0) is 19.5. The highest BCUT2D eigenvalue weighted by atomic mass is 16.5. The van der Waals surface area contributed by atoms with E-state index in [-0.39, 0.29) is 23.9 Å². The first-order chi connectivity index (χ1) is 13.6. The second-order valence-corrected chi connectivity index (χ2v) is 7.29. The van der Waals surface area contributed by atoms with Crippen molar-refractivity contribution in [1.82, 2.24) is 20.4 Å². The molecule has 1 aromatic heterocycles. The van der Waals surface area contributed by atoms with E-state index in [1.807, 2.05) is 10.9 Å². The van der Waals surface area contributed by atoms with Crippen LogP contribution in [-0.2, 0) is 0 Å². The molecule has 2 aliphatic rings. The molecule has 2 aromatic rings. The maximum Gasteiger partial charge on any atom is 0.276 e. The normalized spacial score (nSPS) is 19.1. The molecular formula is C20H25N5O3. The average molecular weight is 383 g/mol. The van der Waals surface area contributed by atoms with E-state index in [0.29, 0.717) is 22.7 Å². The Hall–Kier alpha value is -2.87. The quantitative estimate of drug-likeness (QED) is 0.709. The van der Waals surface area contributed by atoms with E-state index in [9.17, 15) is 9.59 Å². The number of carbonyl (C=O) groups excluding carboxylic acids is 2. The summed E-state index contributed by atoms with van der Waals surface area (Å²) in [5, 5.41) is 13.6. The lowest BCUT2D eigenvalue weighted by Gasteiger charge is -2.22. The molecule has 1 saturated carbocycles. The third-order valence-electron chi connectivity index (χ3n) is 5.12. The molecule has 1 aromatic carbocycles. The van der Waals surface area contributed by atoms with Crippen LogP contribution in [0.25, 0.3) is 0 Å². The summed E-state index contributed by atoms with van der Waals surface area (Å²) in [4.78, 5) is 25.3. The van der Waals surface area contributed by atoms with Gasteiger partial charge in [0.1, 0.15) is 5.75 Å². The van der Waals surface area contributed by atoms with Crippen molar-refractivity contribution in [3.63, 3.8) is 0 Å². The number of ether oxygens (including phenoxy) is 1. The Kier molecular flexibility index (Phi) is 5.29. The first-order valence-corrected chi connectivity index (χ1v) is 9.70. The monoisotopic (exact) mass is 383 g/mol. The third kappa shape index (κ3) is 4.17. The van der Waals surface area contributed by atoms with Crippen LogP contribution in [0.4, 0.5) is 5.69 Å². The molecule has 1 aliphatic carbocycles. The standard InChI is InChI=1S/C20H25N5O3/c1-28-15-6-7-17(16(11-15)19(26)22-13-4-5-13)23-20(27)18-8-10-25(24-18)14-3-2-9-21-12-14/h6-8,10-11,13-14,21H,2-5,9,12H2,1H3,(H,22,26)(H,23,27). The summed E-state index contributed by atoms with van der Waals surface area (Å²) in [6, 6.07) is 7.23. The van der Waals surface area contributed by atoms with E-state index in [0.717, 1.165) is 38.8 Å². The predicted octanol–water partition coefficient (Wildman–Crippen LogP) is 1.96. The van der Waals surface area contributed by atoms with E-state index >= 15 is 0 Å². The minimum atomic E-state index is -0.340. The number of amides is 2. The molecule has 1 saturated heterocycles. The number of aromatic nitrogens is 2. The van der Waals surface area contributed by atoms with Crippen LogP contribution in [0, 0.1) is 0 Å². The Balaban J connectivity index is 1.50. The summed E-state index contributed by atoms with van der Waals surface area (Å²) in [5.74, 6) is 0.0108. The molecule has 0 bridgehead atoms. The molecule has 2 fully saturated rings. The Bertz CT molecular complexity index is 868. The van der Waals surface area contributed by atoms with Gasteiger partial charge in [0.25, 0.3) is 11.8 Å². The fourth-order valence-corrected chi connectivity index (χ4v) is 3.35. The predicted molar refractivity (Wildman–Crippen MR) is 105 cm³/mol. The van der Waals surface area contributed by atoms with Gasteiger partial charge in [-0.25, -0.2) is 0 Å². The molecule has 1 unspecified atom stereocenters. The average Bonchev–Trinajstić information content (AvgIpc) is 3.40. The van der Waals surface area contributed by atoms with Crippen molar-refractivity contribution < 1.29 is 14.3 Å². The van der Waals surface area contributed by atoms with E-state index in [1.54, 1.807) is 31.4 Å². The van der Waals surface area contributed by atoms with Crippen LogP contribution in [0.1, 0.15) is 52.6 Å². The van der Waals surface area contributed by atoms with Crippen LogP contribution in [0.15, 0.2) is 30.5 Å². The fourth-order valence-electron chi connectivity index (χ4n) is 3.35. The summed E-state index contributed by atoms with van der Waals surface area (Å²) in [5.41, 5.74) is 1.16. The van der Waals surface area contributed by atoms with Crippen molar-refractivity contribution >= 4 is 17.5 Å². The van der Waals surface area contributed by atoms with Gasteiger partial charge in [-0.15, -0.1) is 0 Å². The van der Waals surface area contributed by atoms with Gasteiger partial charge >= 0.3 is 0 Å². The summed E-state index contributed by atoms with van der Waals surface area (Å²) < 4.78 is 7.07. The first-order valence-electron chi connectivity index (χ1n) is 9.70. The molecule has 1 atom stereocenters. The van der Waals surface area contributed by atoms with E-state index in [4.69, 9.17) is 4.74 Å². The van der Waals surface area contributed by atoms with E-state index in [1.165, 1.54) is 0 Å². The molecule has 4 rings (SSSR count). The second kappa shape index (κ2) is 8.02. The minimum absolute atomic E-state index is 0.212. The van der Waals surface area contributed by atoms with Crippen molar-refractivity contribution in [1.29, 1.82) is 0 Å². The highest BCUT2D eigenvalue weighted by molar-refractivity contribution is 6.08. The second-order valence-electron chi connectivity index (χ2n) is 7.29. The van der Waals surface area contributed by atoms with Crippen LogP contribution < -0.4 is 20.7 Å². The molecule has 0 radical (unpaired) electrons. The number of carbonyl (C=O) groups is 2. The number of methoxy groups -OCH3 is 1. The van der Waals surface area contributed by atoms with Crippen LogP contribution in [0.5, 0.6) is 5.75 Å². The number of hydrogen-bond donors (Lipinski definition) is 3. The zero-order valence-corrected chi connectivity index (χ0v) is 15.9. The summed E-state index contributed by atoms with van der Waals surface area (Å²) >= 11 is 0. The molecule has 1 aliphatic heterocycles. The molecule has 148 valence electrons. The highest BCUT2D eigenvalue weighted by Crippen LogP contribution is 2.25. The number of rotatable bonds is 6. The molecule has 2 amide bonds. The SMILES string of the molecule is COc1ccc(NC(=O)c2ccn(C3CCCNC3)n2)c(C(=O)NC2CC2)c1. The van der Waals surface area contributed by atoms with Crippen LogP contribution in [0.2, 0.25) is 0 Å². The largest absolute Gasteiger partial charge is 0.497 e. The number of anilines is 1. The highest BCUT2D eigenvalue weighted by Gasteiger charge is 2.26. The Morgan fingerprint density at radius 2 is 2.07 bits per heavy atom. The Labute approximate surface area is 163 Å². The molecule has 3 N–H and O–H groups in total. The van der Waals surface area contributed by atoms with Crippen molar-refractivity contribution in [3.05, 3.63) is 41.7 Å². The number of benzene rings is 1. The topological polar surface area (TPSA) is 97.3 Å². The minimum Gasteiger partial charge on any atom is -0.497 e. The number of piperidine rings is 1. The molecular weight excluding hydrogens is 358 g/mol. The summed E-state index contributed by atoms with van der Waals surface area (Å²) in [6.07, 6.45) is 5.95. The van der Waals surface area contributed by atoms with Gasteiger partial charge in [0.05, 0.1) is 24.4 Å². The van der Waals surface area contributed by atoms with Gasteiger partial charge in [0.15, 0.2) is 5.69 Å². The van der Waals surface area contributed by atoms with Gasteiger partial charge in [0.2, 0.25) is 0 Å². The van der Waals surface area contributed by atoms with Crippen molar-refractivity contribution in [2.45, 2.75) is 37.8 Å². The number of nitrogens with one attached hydrogen (secondary N) is 3. The van der Waals surface area contributed by atoms with Gasteiger partial charge in [-0.2, -0.15) is 5.10 Å².